The Morgan fingerprint density at radius 3 is 2.35 bits per heavy atom. The van der Waals surface area contributed by atoms with E-state index in [2.05, 4.69) is 31.9 Å². The van der Waals surface area contributed by atoms with Gasteiger partial charge in [-0.2, -0.15) is 13.2 Å². The van der Waals surface area contributed by atoms with Crippen molar-refractivity contribution in [2.45, 2.75) is 18.4 Å². The van der Waals surface area contributed by atoms with Crippen molar-refractivity contribution in [1.29, 1.82) is 0 Å². The minimum absolute atomic E-state index is 0.319. The second-order valence-electron chi connectivity index (χ2n) is 3.54. The van der Waals surface area contributed by atoms with Crippen molar-refractivity contribution in [3.63, 3.8) is 0 Å². The highest BCUT2D eigenvalue weighted by Crippen LogP contribution is 2.27. The molecule has 0 saturated carbocycles. The van der Waals surface area contributed by atoms with Crippen LogP contribution in [0.2, 0.25) is 0 Å². The normalized spacial score (nSPS) is 11.6. The molecular weight excluding hydrogens is 363 g/mol. The lowest BCUT2D eigenvalue weighted by Crippen LogP contribution is -2.34. The van der Waals surface area contributed by atoms with E-state index in [1.807, 2.05) is 6.07 Å². The number of hydrogen-bond donors (Lipinski definition) is 0. The van der Waals surface area contributed by atoms with Gasteiger partial charge in [0.15, 0.2) is 0 Å². The van der Waals surface area contributed by atoms with E-state index < -0.39 is 12.7 Å². The summed E-state index contributed by atoms with van der Waals surface area (Å²) in [7, 11) is 0. The first-order valence-corrected chi connectivity index (χ1v) is 6.95. The van der Waals surface area contributed by atoms with Crippen LogP contribution in [0.3, 0.4) is 0 Å². The highest BCUT2D eigenvalue weighted by atomic mass is 79.9. The summed E-state index contributed by atoms with van der Waals surface area (Å²) in [5.41, 5.74) is 1.58. The van der Waals surface area contributed by atoms with Crippen molar-refractivity contribution in [3.8, 4) is 0 Å². The van der Waals surface area contributed by atoms with Gasteiger partial charge in [-0.1, -0.05) is 37.9 Å². The molecule has 0 amide bonds. The van der Waals surface area contributed by atoms with Gasteiger partial charge in [-0.3, -0.25) is 0 Å². The van der Waals surface area contributed by atoms with E-state index in [4.69, 9.17) is 0 Å². The van der Waals surface area contributed by atoms with Gasteiger partial charge in [-0.25, -0.2) is 0 Å². The average Bonchev–Trinajstić information content (AvgIpc) is 2.24. The van der Waals surface area contributed by atoms with Crippen LogP contribution in [0.1, 0.15) is 12.5 Å². The number of rotatable bonds is 4. The first-order valence-electron chi connectivity index (χ1n) is 5.03. The Morgan fingerprint density at radius 1 is 1.29 bits per heavy atom. The van der Waals surface area contributed by atoms with Gasteiger partial charge < -0.3 is 4.90 Å². The lowest BCUT2D eigenvalue weighted by molar-refractivity contribution is -0.119. The summed E-state index contributed by atoms with van der Waals surface area (Å²) in [4.78, 5) is 1.29. The van der Waals surface area contributed by atoms with E-state index in [9.17, 15) is 13.2 Å². The summed E-state index contributed by atoms with van der Waals surface area (Å²) in [6.07, 6.45) is -4.18. The topological polar surface area (TPSA) is 3.24 Å². The van der Waals surface area contributed by atoms with Gasteiger partial charge in [0.1, 0.15) is 6.54 Å². The van der Waals surface area contributed by atoms with E-state index in [-0.39, 0.29) is 0 Å². The van der Waals surface area contributed by atoms with E-state index in [1.165, 1.54) is 4.90 Å². The number of anilines is 1. The monoisotopic (exact) mass is 373 g/mol. The number of hydrogen-bond acceptors (Lipinski definition) is 1. The van der Waals surface area contributed by atoms with Crippen molar-refractivity contribution < 1.29 is 13.2 Å². The van der Waals surface area contributed by atoms with Gasteiger partial charge in [-0.05, 0) is 24.6 Å². The number of benzene rings is 1. The van der Waals surface area contributed by atoms with Crippen LogP contribution in [0.15, 0.2) is 22.7 Å². The third-order valence-electron chi connectivity index (χ3n) is 2.30. The Hall–Kier alpha value is -0.230. The first-order chi connectivity index (χ1) is 7.87. The van der Waals surface area contributed by atoms with Crippen molar-refractivity contribution in [1.82, 2.24) is 0 Å². The van der Waals surface area contributed by atoms with Crippen molar-refractivity contribution in [3.05, 3.63) is 28.2 Å². The molecule has 0 bridgehead atoms. The molecule has 0 fully saturated rings. The third kappa shape index (κ3) is 4.50. The Balaban J connectivity index is 2.93. The largest absolute Gasteiger partial charge is 0.405 e. The van der Waals surface area contributed by atoms with Crippen LogP contribution in [0.25, 0.3) is 0 Å². The molecule has 0 unspecified atom stereocenters. The van der Waals surface area contributed by atoms with Crippen molar-refractivity contribution in [2.75, 3.05) is 18.0 Å². The van der Waals surface area contributed by atoms with Crippen LogP contribution >= 0.6 is 31.9 Å². The molecule has 1 nitrogen and oxygen atoms in total. The number of halogens is 5. The molecular formula is C11H12Br2F3N. The van der Waals surface area contributed by atoms with Crippen LogP contribution in [0, 0.1) is 0 Å². The predicted octanol–water partition coefficient (Wildman–Crippen LogP) is 4.73. The second kappa shape index (κ2) is 6.09. The second-order valence-corrected chi connectivity index (χ2v) is 4.95. The molecule has 0 heterocycles. The highest BCUT2D eigenvalue weighted by molar-refractivity contribution is 9.10. The minimum Gasteiger partial charge on any atom is -0.363 e. The molecule has 0 aliphatic heterocycles. The molecule has 17 heavy (non-hydrogen) atoms. The quantitative estimate of drug-likeness (QED) is 0.688. The zero-order valence-electron chi connectivity index (χ0n) is 9.19. The summed E-state index contributed by atoms with van der Waals surface area (Å²) >= 11 is 6.66. The van der Waals surface area contributed by atoms with Crippen molar-refractivity contribution >= 4 is 37.5 Å². The molecule has 0 N–H and O–H groups in total. The molecule has 1 rings (SSSR count). The molecule has 0 radical (unpaired) electrons. The Labute approximate surface area is 115 Å². The van der Waals surface area contributed by atoms with Crippen LogP contribution in [0.5, 0.6) is 0 Å². The Morgan fingerprint density at radius 2 is 1.94 bits per heavy atom. The van der Waals surface area contributed by atoms with Crippen LogP contribution in [-0.2, 0) is 5.33 Å². The minimum atomic E-state index is -4.18. The summed E-state index contributed by atoms with van der Waals surface area (Å²) in [5.74, 6) is 0. The van der Waals surface area contributed by atoms with E-state index >= 15 is 0 Å². The number of nitrogens with zero attached hydrogens (tertiary/aromatic N) is 1. The molecule has 0 aliphatic rings. The van der Waals surface area contributed by atoms with E-state index in [0.29, 0.717) is 17.6 Å². The fraction of sp³-hybridized carbons (Fsp3) is 0.455. The maximum absolute atomic E-state index is 12.4. The van der Waals surface area contributed by atoms with Gasteiger partial charge >= 0.3 is 6.18 Å². The smallest absolute Gasteiger partial charge is 0.363 e. The molecule has 0 saturated heterocycles. The first kappa shape index (κ1) is 14.8. The molecule has 0 spiro atoms. The van der Waals surface area contributed by atoms with E-state index in [0.717, 1.165) is 10.0 Å². The van der Waals surface area contributed by atoms with Gasteiger partial charge in [0.25, 0.3) is 0 Å². The summed E-state index contributed by atoms with van der Waals surface area (Å²) < 4.78 is 37.9. The zero-order valence-corrected chi connectivity index (χ0v) is 12.4. The van der Waals surface area contributed by atoms with Gasteiger partial charge in [0.2, 0.25) is 0 Å². The fourth-order valence-corrected chi connectivity index (χ4v) is 2.82. The van der Waals surface area contributed by atoms with E-state index in [1.54, 1.807) is 19.1 Å². The maximum atomic E-state index is 12.4. The highest BCUT2D eigenvalue weighted by Gasteiger charge is 2.30. The third-order valence-corrected chi connectivity index (χ3v) is 3.64. The maximum Gasteiger partial charge on any atom is 0.405 e. The average molecular weight is 375 g/mol. The Bertz CT molecular complexity index is 379. The lowest BCUT2D eigenvalue weighted by atomic mass is 10.2. The fourth-order valence-electron chi connectivity index (χ4n) is 1.44. The predicted molar refractivity (Wildman–Crippen MR) is 70.7 cm³/mol. The molecule has 1 aromatic rings. The standard InChI is InChI=1S/C11H12Br2F3N/c1-2-17(7-11(14,15)16)9-4-3-8(6-12)10(13)5-9/h3-5H,2,6-7H2,1H3. The SMILES string of the molecule is CCN(CC(F)(F)F)c1ccc(CBr)c(Br)c1. The summed E-state index contributed by atoms with van der Waals surface area (Å²) in [6.45, 7) is 1.10. The molecule has 1 aromatic carbocycles. The molecule has 96 valence electrons. The van der Waals surface area contributed by atoms with Gasteiger partial charge in [0.05, 0.1) is 0 Å². The zero-order chi connectivity index (χ0) is 13.1. The van der Waals surface area contributed by atoms with Crippen LogP contribution in [0.4, 0.5) is 18.9 Å². The summed E-state index contributed by atoms with van der Waals surface area (Å²) in [6, 6.07) is 5.23. The Kier molecular flexibility index (Phi) is 5.31. The van der Waals surface area contributed by atoms with Crippen molar-refractivity contribution in [2.24, 2.45) is 0 Å². The van der Waals surface area contributed by atoms with Crippen LogP contribution < -0.4 is 4.90 Å². The summed E-state index contributed by atoms with van der Waals surface area (Å²) in [5, 5.41) is 0.666. The number of alkyl halides is 4. The molecule has 0 aromatic heterocycles. The molecule has 0 atom stereocenters. The molecule has 6 heteroatoms. The van der Waals surface area contributed by atoms with Crippen LogP contribution in [-0.4, -0.2) is 19.3 Å². The van der Waals surface area contributed by atoms with Gasteiger partial charge in [-0.15, -0.1) is 0 Å². The molecule has 0 aliphatic carbocycles. The van der Waals surface area contributed by atoms with Gasteiger partial charge in [0, 0.05) is 22.0 Å². The lowest BCUT2D eigenvalue weighted by Gasteiger charge is -2.24.